The van der Waals surface area contributed by atoms with E-state index in [1.54, 1.807) is 7.11 Å². The van der Waals surface area contributed by atoms with Gasteiger partial charge >= 0.3 is 5.97 Å². The van der Waals surface area contributed by atoms with Crippen molar-refractivity contribution in [2.24, 2.45) is 0 Å². The molecular formula is C16H19NO3. The van der Waals surface area contributed by atoms with Crippen LogP contribution in [0.4, 0.5) is 0 Å². The van der Waals surface area contributed by atoms with Crippen molar-refractivity contribution in [2.45, 2.75) is 13.0 Å². The van der Waals surface area contributed by atoms with E-state index < -0.39 is 6.04 Å². The number of methoxy groups -OCH3 is 2. The molecule has 0 saturated heterocycles. The standard InChI is InChI=1S/C16H19NO3/c1-4-17-15(16(18)20-3)13-6-5-12-10-14(19-2)8-7-11(12)9-13/h5-10,15,17H,4H2,1-3H3. The SMILES string of the molecule is CCNC(C(=O)OC)c1ccc2cc(OC)ccc2c1. The van der Waals surface area contributed by atoms with Crippen molar-refractivity contribution in [2.75, 3.05) is 20.8 Å². The van der Waals surface area contributed by atoms with Crippen LogP contribution >= 0.6 is 0 Å². The number of esters is 1. The molecule has 0 aliphatic rings. The van der Waals surface area contributed by atoms with Crippen LogP contribution in [0.25, 0.3) is 10.8 Å². The van der Waals surface area contributed by atoms with Crippen molar-refractivity contribution >= 4 is 16.7 Å². The Bertz CT molecular complexity index is 610. The lowest BCUT2D eigenvalue weighted by Gasteiger charge is -2.16. The highest BCUT2D eigenvalue weighted by atomic mass is 16.5. The second kappa shape index (κ2) is 6.39. The van der Waals surface area contributed by atoms with Gasteiger partial charge in [-0.05, 0) is 41.1 Å². The average molecular weight is 273 g/mol. The molecule has 2 aromatic rings. The van der Waals surface area contributed by atoms with Crippen LogP contribution in [0, 0.1) is 0 Å². The summed E-state index contributed by atoms with van der Waals surface area (Å²) in [5.74, 6) is 0.543. The molecule has 106 valence electrons. The van der Waals surface area contributed by atoms with Gasteiger partial charge in [0.15, 0.2) is 0 Å². The highest BCUT2D eigenvalue weighted by Crippen LogP contribution is 2.24. The van der Waals surface area contributed by atoms with Gasteiger partial charge in [-0.25, -0.2) is 4.79 Å². The van der Waals surface area contributed by atoms with Crippen LogP contribution in [-0.2, 0) is 9.53 Å². The largest absolute Gasteiger partial charge is 0.497 e. The molecule has 0 radical (unpaired) electrons. The normalized spacial score (nSPS) is 12.2. The highest BCUT2D eigenvalue weighted by Gasteiger charge is 2.20. The van der Waals surface area contributed by atoms with Crippen LogP contribution in [0.5, 0.6) is 5.75 Å². The van der Waals surface area contributed by atoms with Crippen LogP contribution in [-0.4, -0.2) is 26.7 Å². The van der Waals surface area contributed by atoms with Crippen LogP contribution < -0.4 is 10.1 Å². The maximum atomic E-state index is 11.8. The third-order valence-electron chi connectivity index (χ3n) is 3.25. The second-order valence-corrected chi connectivity index (χ2v) is 4.49. The zero-order valence-corrected chi connectivity index (χ0v) is 12.0. The van der Waals surface area contributed by atoms with Crippen molar-refractivity contribution in [3.05, 3.63) is 42.0 Å². The van der Waals surface area contributed by atoms with E-state index >= 15 is 0 Å². The molecule has 0 aliphatic heterocycles. The van der Waals surface area contributed by atoms with Gasteiger partial charge in [0.05, 0.1) is 14.2 Å². The molecule has 0 heterocycles. The predicted octanol–water partition coefficient (Wildman–Crippen LogP) is 2.67. The monoisotopic (exact) mass is 273 g/mol. The molecule has 0 spiro atoms. The number of hydrogen-bond acceptors (Lipinski definition) is 4. The predicted molar refractivity (Wildman–Crippen MR) is 78.9 cm³/mol. The molecule has 4 heteroatoms. The van der Waals surface area contributed by atoms with Gasteiger partial charge in [0, 0.05) is 0 Å². The minimum absolute atomic E-state index is 0.278. The summed E-state index contributed by atoms with van der Waals surface area (Å²) in [4.78, 5) is 11.8. The number of benzene rings is 2. The maximum Gasteiger partial charge on any atom is 0.327 e. The lowest BCUT2D eigenvalue weighted by Crippen LogP contribution is -2.29. The number of carbonyl (C=O) groups excluding carboxylic acids is 1. The first kappa shape index (κ1) is 14.3. The fourth-order valence-electron chi connectivity index (χ4n) is 2.21. The number of fused-ring (bicyclic) bond motifs is 1. The Kier molecular flexibility index (Phi) is 4.58. The number of likely N-dealkylation sites (N-methyl/N-ethyl adjacent to an activating group) is 1. The molecule has 0 fully saturated rings. The Morgan fingerprint density at radius 1 is 1.15 bits per heavy atom. The van der Waals surface area contributed by atoms with Crippen molar-refractivity contribution in [3.63, 3.8) is 0 Å². The zero-order valence-electron chi connectivity index (χ0n) is 12.0. The molecule has 0 bridgehead atoms. The molecule has 1 N–H and O–H groups in total. The van der Waals surface area contributed by atoms with Gasteiger partial charge in [-0.2, -0.15) is 0 Å². The molecule has 1 unspecified atom stereocenters. The van der Waals surface area contributed by atoms with Crippen LogP contribution in [0.2, 0.25) is 0 Å². The summed E-state index contributed by atoms with van der Waals surface area (Å²) < 4.78 is 10.1. The molecule has 0 aromatic heterocycles. The summed E-state index contributed by atoms with van der Waals surface area (Å²) in [6.07, 6.45) is 0. The first-order valence-corrected chi connectivity index (χ1v) is 6.58. The first-order chi connectivity index (χ1) is 9.69. The molecule has 1 atom stereocenters. The molecule has 20 heavy (non-hydrogen) atoms. The number of nitrogens with one attached hydrogen (secondary N) is 1. The Hall–Kier alpha value is -2.07. The van der Waals surface area contributed by atoms with E-state index in [4.69, 9.17) is 9.47 Å². The summed E-state index contributed by atoms with van der Waals surface area (Å²) in [7, 11) is 3.05. The summed E-state index contributed by atoms with van der Waals surface area (Å²) in [5.41, 5.74) is 0.899. The molecule has 0 aliphatic carbocycles. The van der Waals surface area contributed by atoms with E-state index in [1.807, 2.05) is 43.3 Å². The van der Waals surface area contributed by atoms with Crippen LogP contribution in [0.15, 0.2) is 36.4 Å². The van der Waals surface area contributed by atoms with E-state index in [2.05, 4.69) is 5.32 Å². The van der Waals surface area contributed by atoms with Crippen molar-refractivity contribution < 1.29 is 14.3 Å². The van der Waals surface area contributed by atoms with E-state index in [0.717, 1.165) is 22.1 Å². The second-order valence-electron chi connectivity index (χ2n) is 4.49. The zero-order chi connectivity index (χ0) is 14.5. The van der Waals surface area contributed by atoms with Crippen molar-refractivity contribution in [1.29, 1.82) is 0 Å². The topological polar surface area (TPSA) is 47.6 Å². The van der Waals surface area contributed by atoms with Gasteiger partial charge in [0.25, 0.3) is 0 Å². The third kappa shape index (κ3) is 2.91. The number of ether oxygens (including phenoxy) is 2. The fourth-order valence-corrected chi connectivity index (χ4v) is 2.21. The third-order valence-corrected chi connectivity index (χ3v) is 3.25. The lowest BCUT2D eigenvalue weighted by molar-refractivity contribution is -0.143. The Labute approximate surface area is 118 Å². The fraction of sp³-hybridized carbons (Fsp3) is 0.312. The first-order valence-electron chi connectivity index (χ1n) is 6.58. The van der Waals surface area contributed by atoms with Gasteiger partial charge in [0.2, 0.25) is 0 Å². The van der Waals surface area contributed by atoms with E-state index in [-0.39, 0.29) is 5.97 Å². The number of hydrogen-bond donors (Lipinski definition) is 1. The minimum Gasteiger partial charge on any atom is -0.497 e. The number of rotatable bonds is 5. The van der Waals surface area contributed by atoms with E-state index in [1.165, 1.54) is 7.11 Å². The van der Waals surface area contributed by atoms with Gasteiger partial charge in [-0.1, -0.05) is 25.1 Å². The minimum atomic E-state index is -0.434. The molecule has 0 amide bonds. The lowest BCUT2D eigenvalue weighted by atomic mass is 10.0. The van der Waals surface area contributed by atoms with Crippen molar-refractivity contribution in [1.82, 2.24) is 5.32 Å². The summed E-state index contributed by atoms with van der Waals surface area (Å²) >= 11 is 0. The van der Waals surface area contributed by atoms with Crippen LogP contribution in [0.1, 0.15) is 18.5 Å². The Morgan fingerprint density at radius 3 is 2.50 bits per heavy atom. The van der Waals surface area contributed by atoms with Crippen LogP contribution in [0.3, 0.4) is 0 Å². The van der Waals surface area contributed by atoms with E-state index in [9.17, 15) is 4.79 Å². The molecule has 2 aromatic carbocycles. The molecule has 0 saturated carbocycles. The molecular weight excluding hydrogens is 254 g/mol. The Balaban J connectivity index is 2.41. The average Bonchev–Trinajstić information content (AvgIpc) is 2.50. The molecule has 4 nitrogen and oxygen atoms in total. The van der Waals surface area contributed by atoms with Gasteiger partial charge < -0.3 is 14.8 Å². The maximum absolute atomic E-state index is 11.8. The smallest absolute Gasteiger partial charge is 0.327 e. The Morgan fingerprint density at radius 2 is 1.85 bits per heavy atom. The number of carbonyl (C=O) groups is 1. The summed E-state index contributed by atoms with van der Waals surface area (Å²) in [5, 5.41) is 5.28. The van der Waals surface area contributed by atoms with E-state index in [0.29, 0.717) is 6.54 Å². The highest BCUT2D eigenvalue weighted by molar-refractivity contribution is 5.86. The van der Waals surface area contributed by atoms with Gasteiger partial charge in [-0.3, -0.25) is 0 Å². The van der Waals surface area contributed by atoms with Gasteiger partial charge in [0.1, 0.15) is 11.8 Å². The molecule has 2 rings (SSSR count). The summed E-state index contributed by atoms with van der Waals surface area (Å²) in [6.45, 7) is 2.66. The summed E-state index contributed by atoms with van der Waals surface area (Å²) in [6, 6.07) is 11.4. The van der Waals surface area contributed by atoms with Crippen molar-refractivity contribution in [3.8, 4) is 5.75 Å². The quantitative estimate of drug-likeness (QED) is 0.851. The van der Waals surface area contributed by atoms with Gasteiger partial charge in [-0.15, -0.1) is 0 Å².